The van der Waals surface area contributed by atoms with Gasteiger partial charge in [-0.1, -0.05) is 37.5 Å². The molecule has 1 aliphatic heterocycles. The van der Waals surface area contributed by atoms with E-state index in [-0.39, 0.29) is 18.0 Å². The molecule has 1 aromatic heterocycles. The largest absolute Gasteiger partial charge is 0.492 e. The monoisotopic (exact) mass is 596 g/mol. The summed E-state index contributed by atoms with van der Waals surface area (Å²) >= 11 is 0. The van der Waals surface area contributed by atoms with Gasteiger partial charge in [0.2, 0.25) is 0 Å². The molecule has 2 heterocycles. The Hall–Kier alpha value is -3.25. The number of rotatable bonds is 11. The van der Waals surface area contributed by atoms with Crippen LogP contribution >= 0.6 is 0 Å². The van der Waals surface area contributed by atoms with Crippen molar-refractivity contribution >= 4 is 33.3 Å². The minimum Gasteiger partial charge on any atom is -0.492 e. The van der Waals surface area contributed by atoms with Crippen LogP contribution in [0.15, 0.2) is 42.5 Å². The topological polar surface area (TPSA) is 119 Å². The van der Waals surface area contributed by atoms with E-state index in [1.807, 2.05) is 31.3 Å². The van der Waals surface area contributed by atoms with Gasteiger partial charge in [-0.3, -0.25) is 4.79 Å². The number of hydrogen-bond acceptors (Lipinski definition) is 7. The molecule has 1 atom stereocenters. The molecule has 226 valence electrons. The van der Waals surface area contributed by atoms with Crippen molar-refractivity contribution in [2.75, 3.05) is 47.0 Å². The number of carbonyl (C=O) groups is 2. The molecule has 3 aromatic rings. The fraction of sp³-hybridized carbons (Fsp3) is 0.484. The first kappa shape index (κ1) is 30.2. The van der Waals surface area contributed by atoms with Crippen molar-refractivity contribution in [3.8, 4) is 17.0 Å². The van der Waals surface area contributed by atoms with E-state index in [4.69, 9.17) is 9.47 Å². The molecular weight excluding hydrogens is 556 g/mol. The van der Waals surface area contributed by atoms with Crippen LogP contribution in [0.3, 0.4) is 0 Å². The van der Waals surface area contributed by atoms with Crippen molar-refractivity contribution in [3.63, 3.8) is 0 Å². The Morgan fingerprint density at radius 1 is 1.17 bits per heavy atom. The summed E-state index contributed by atoms with van der Waals surface area (Å²) in [6.07, 6.45) is 6.23. The first-order valence-electron chi connectivity index (χ1n) is 14.7. The van der Waals surface area contributed by atoms with Crippen LogP contribution in [-0.2, 0) is 26.3 Å². The maximum absolute atomic E-state index is 13.2. The molecule has 2 N–H and O–H groups in total. The number of nitrogens with one attached hydrogen (secondary N) is 2. The second kappa shape index (κ2) is 13.4. The Morgan fingerprint density at radius 3 is 2.71 bits per heavy atom. The van der Waals surface area contributed by atoms with Crippen LogP contribution in [0.2, 0.25) is 0 Å². The molecule has 2 aromatic carbocycles. The van der Waals surface area contributed by atoms with Crippen LogP contribution < -0.4 is 14.8 Å². The molecule has 5 rings (SSSR count). The van der Waals surface area contributed by atoms with E-state index in [0.29, 0.717) is 38.6 Å². The van der Waals surface area contributed by atoms with Crippen molar-refractivity contribution < 1.29 is 27.5 Å². The third-order valence-corrected chi connectivity index (χ3v) is 9.66. The molecular formula is C31H40N4O6S. The highest BCUT2D eigenvalue weighted by Crippen LogP contribution is 2.47. The van der Waals surface area contributed by atoms with Crippen LogP contribution in [0.5, 0.6) is 5.75 Å². The number of ether oxygens (including phenoxy) is 2. The van der Waals surface area contributed by atoms with Gasteiger partial charge in [0.15, 0.2) is 0 Å². The number of amides is 1. The van der Waals surface area contributed by atoms with Crippen molar-refractivity contribution in [1.29, 1.82) is 0 Å². The number of nitrogens with zero attached hydrogens (tertiary/aromatic N) is 2. The van der Waals surface area contributed by atoms with Gasteiger partial charge in [-0.25, -0.2) is 4.72 Å². The predicted octanol–water partition coefficient (Wildman–Crippen LogP) is 3.71. The molecule has 1 aliphatic carbocycles. The van der Waals surface area contributed by atoms with E-state index >= 15 is 0 Å². The minimum absolute atomic E-state index is 0.0543. The summed E-state index contributed by atoms with van der Waals surface area (Å²) in [4.78, 5) is 24.1. The molecule has 1 saturated carbocycles. The fourth-order valence-electron chi connectivity index (χ4n) is 6.09. The standard InChI is InChI=1S/C31H40N4O6S/c1-32-14-17-40-20-22-19-35-27-18-24(31(37)33-42(38,39)34(2)15-16-36)12-13-25(27)29(23-8-4-3-5-9-23)30(35)26-10-6-7-11-28(26)41-21-22/h6-7,10-13,16,18,22-23,32H,3-5,8-9,14-15,17,19-21H2,1-2H3,(H,33,37). The van der Waals surface area contributed by atoms with E-state index in [2.05, 4.69) is 20.7 Å². The highest BCUT2D eigenvalue weighted by atomic mass is 32.2. The number of benzene rings is 2. The molecule has 1 amide bonds. The van der Waals surface area contributed by atoms with Gasteiger partial charge in [0.1, 0.15) is 12.0 Å². The molecule has 42 heavy (non-hydrogen) atoms. The van der Waals surface area contributed by atoms with E-state index in [1.54, 1.807) is 12.1 Å². The van der Waals surface area contributed by atoms with Crippen molar-refractivity contribution in [1.82, 2.24) is 18.9 Å². The fourth-order valence-corrected chi connectivity index (χ4v) is 6.86. The first-order valence-corrected chi connectivity index (χ1v) is 16.1. The van der Waals surface area contributed by atoms with Gasteiger partial charge >= 0.3 is 10.2 Å². The van der Waals surface area contributed by atoms with E-state index in [9.17, 15) is 18.0 Å². The van der Waals surface area contributed by atoms with Crippen LogP contribution in [-0.4, -0.2) is 76.5 Å². The Morgan fingerprint density at radius 2 is 1.95 bits per heavy atom. The maximum atomic E-state index is 13.2. The average molecular weight is 597 g/mol. The lowest BCUT2D eigenvalue weighted by atomic mass is 9.81. The van der Waals surface area contributed by atoms with Crippen LogP contribution in [0.25, 0.3) is 22.2 Å². The maximum Gasteiger partial charge on any atom is 0.304 e. The van der Waals surface area contributed by atoms with Crippen molar-refractivity contribution in [2.45, 2.75) is 44.6 Å². The van der Waals surface area contributed by atoms with Crippen LogP contribution in [0.1, 0.15) is 53.9 Å². The molecule has 1 unspecified atom stereocenters. The summed E-state index contributed by atoms with van der Waals surface area (Å²) in [6, 6.07) is 13.5. The molecule has 0 bridgehead atoms. The number of hydrogen-bond donors (Lipinski definition) is 2. The molecule has 10 nitrogen and oxygen atoms in total. The SMILES string of the molecule is CNCCOCC1COc2ccccc2-c2c(C3CCCCC3)c3ccc(C(=O)NS(=O)(=O)N(C)CC=O)cc3n2C1. The lowest BCUT2D eigenvalue weighted by Crippen LogP contribution is -2.42. The minimum atomic E-state index is -4.17. The summed E-state index contributed by atoms with van der Waals surface area (Å²) in [7, 11) is -1.03. The van der Waals surface area contributed by atoms with Gasteiger partial charge in [0, 0.05) is 48.1 Å². The number of likely N-dealkylation sites (N-methyl/N-ethyl adjacent to an activating group) is 2. The highest BCUT2D eigenvalue weighted by Gasteiger charge is 2.31. The van der Waals surface area contributed by atoms with Gasteiger partial charge in [0.25, 0.3) is 5.91 Å². The summed E-state index contributed by atoms with van der Waals surface area (Å²) in [5.74, 6) is 0.498. The smallest absolute Gasteiger partial charge is 0.304 e. The second-order valence-corrected chi connectivity index (χ2v) is 13.0. The summed E-state index contributed by atoms with van der Waals surface area (Å²) in [5, 5.41) is 4.18. The number of fused-ring (bicyclic) bond motifs is 5. The zero-order chi connectivity index (χ0) is 29.7. The highest BCUT2D eigenvalue weighted by molar-refractivity contribution is 7.87. The number of aldehydes is 1. The molecule has 2 aliphatic rings. The van der Waals surface area contributed by atoms with E-state index < -0.39 is 16.1 Å². The third kappa shape index (κ3) is 6.39. The number of carbonyl (C=O) groups excluding carboxylic acids is 2. The number of para-hydroxylation sites is 1. The van der Waals surface area contributed by atoms with Crippen LogP contribution in [0, 0.1) is 5.92 Å². The summed E-state index contributed by atoms with van der Waals surface area (Å²) < 4.78 is 42.8. The molecule has 0 spiro atoms. The van der Waals surface area contributed by atoms with Gasteiger partial charge < -0.3 is 24.2 Å². The van der Waals surface area contributed by atoms with Gasteiger partial charge in [-0.2, -0.15) is 12.7 Å². The van der Waals surface area contributed by atoms with E-state index in [0.717, 1.165) is 51.6 Å². The predicted molar refractivity (Wildman–Crippen MR) is 162 cm³/mol. The molecule has 0 saturated heterocycles. The lowest BCUT2D eigenvalue weighted by Gasteiger charge is -2.28. The lowest BCUT2D eigenvalue weighted by molar-refractivity contribution is -0.107. The van der Waals surface area contributed by atoms with Crippen molar-refractivity contribution in [2.24, 2.45) is 5.92 Å². The Balaban J connectivity index is 1.63. The Labute approximate surface area is 247 Å². The zero-order valence-corrected chi connectivity index (χ0v) is 25.1. The quantitative estimate of drug-likeness (QED) is 0.256. The molecule has 0 radical (unpaired) electrons. The Bertz CT molecular complexity index is 1530. The Kier molecular flexibility index (Phi) is 9.62. The second-order valence-electron chi connectivity index (χ2n) is 11.2. The third-order valence-electron chi connectivity index (χ3n) is 8.25. The molecule has 1 fully saturated rings. The normalized spacial score (nSPS) is 17.6. The summed E-state index contributed by atoms with van der Waals surface area (Å²) in [6.45, 7) is 2.62. The van der Waals surface area contributed by atoms with Crippen molar-refractivity contribution in [3.05, 3.63) is 53.6 Å². The van der Waals surface area contributed by atoms with Gasteiger partial charge in [0.05, 0.1) is 32.1 Å². The summed E-state index contributed by atoms with van der Waals surface area (Å²) in [5.41, 5.74) is 4.50. The zero-order valence-electron chi connectivity index (χ0n) is 24.3. The van der Waals surface area contributed by atoms with E-state index in [1.165, 1.54) is 31.9 Å². The number of aromatic nitrogens is 1. The molecule has 11 heteroatoms. The average Bonchev–Trinajstić information content (AvgIpc) is 3.29. The first-order chi connectivity index (χ1) is 20.3. The van der Waals surface area contributed by atoms with Gasteiger partial charge in [-0.05, 0) is 55.6 Å². The van der Waals surface area contributed by atoms with Gasteiger partial charge in [-0.15, -0.1) is 0 Å². The van der Waals surface area contributed by atoms with Crippen LogP contribution in [0.4, 0.5) is 0 Å².